The molecule has 0 bridgehead atoms. The van der Waals surface area contributed by atoms with Crippen LogP contribution in [0.1, 0.15) is 5.56 Å². The maximum absolute atomic E-state index is 12.2. The van der Waals surface area contributed by atoms with Gasteiger partial charge >= 0.3 is 12.0 Å². The predicted octanol–water partition coefficient (Wildman–Crippen LogP) is 0.804. The molecule has 110 valence electrons. The number of amides is 2. The summed E-state index contributed by atoms with van der Waals surface area (Å²) in [6.45, 7) is 0.267. The van der Waals surface area contributed by atoms with E-state index in [0.717, 1.165) is 0 Å². The van der Waals surface area contributed by atoms with Crippen LogP contribution in [0.2, 0.25) is 0 Å². The van der Waals surface area contributed by atoms with Crippen molar-refractivity contribution in [3.8, 4) is 6.07 Å². The normalized spacial score (nSPS) is 20.6. The third-order valence-electron chi connectivity index (χ3n) is 3.37. The topological polar surface area (TPSA) is 103 Å². The largest absolute Gasteiger partial charge is 0.481 e. The van der Waals surface area contributed by atoms with E-state index in [1.54, 1.807) is 31.3 Å². The van der Waals surface area contributed by atoms with Gasteiger partial charge in [0.15, 0.2) is 0 Å². The molecule has 1 aliphatic rings. The van der Waals surface area contributed by atoms with Crippen LogP contribution in [0.4, 0.5) is 10.5 Å². The van der Waals surface area contributed by atoms with Gasteiger partial charge in [-0.2, -0.15) is 5.26 Å². The molecular formula is C14H15N3O4. The molecule has 0 aliphatic carbocycles. The van der Waals surface area contributed by atoms with Crippen LogP contribution in [0.3, 0.4) is 0 Å². The summed E-state index contributed by atoms with van der Waals surface area (Å²) in [6, 6.07) is 7.60. The van der Waals surface area contributed by atoms with Crippen LogP contribution in [0.25, 0.3) is 0 Å². The van der Waals surface area contributed by atoms with E-state index in [1.165, 1.54) is 4.90 Å². The maximum atomic E-state index is 12.2. The van der Waals surface area contributed by atoms with Gasteiger partial charge in [0, 0.05) is 12.7 Å². The van der Waals surface area contributed by atoms with E-state index in [0.29, 0.717) is 11.3 Å². The summed E-state index contributed by atoms with van der Waals surface area (Å²) in [6.07, 6.45) is 0. The van der Waals surface area contributed by atoms with E-state index in [-0.39, 0.29) is 13.2 Å². The number of rotatable bonds is 3. The Hall–Kier alpha value is -2.59. The number of nitrogens with zero attached hydrogens (tertiary/aromatic N) is 2. The molecule has 1 aliphatic heterocycles. The molecule has 1 aromatic carbocycles. The van der Waals surface area contributed by atoms with Crippen LogP contribution >= 0.6 is 0 Å². The fraction of sp³-hybridized carbons (Fsp3) is 0.357. The van der Waals surface area contributed by atoms with Crippen molar-refractivity contribution >= 4 is 17.7 Å². The number of carboxylic acid groups (broad SMARTS) is 1. The van der Waals surface area contributed by atoms with Crippen LogP contribution in [0.15, 0.2) is 24.3 Å². The standard InChI is InChI=1S/C14H15N3O4/c1-17(10-4-2-3-9(5-10)6-15)14(20)16-12-8-21-7-11(12)13(18)19/h2-5,11-12H,7-8H2,1H3,(H,16,20)(H,18,19). The van der Waals surface area contributed by atoms with Gasteiger partial charge in [0.1, 0.15) is 5.92 Å². The summed E-state index contributed by atoms with van der Waals surface area (Å²) < 4.78 is 5.10. The van der Waals surface area contributed by atoms with Crippen molar-refractivity contribution in [2.75, 3.05) is 25.2 Å². The van der Waals surface area contributed by atoms with Gasteiger partial charge in [0.2, 0.25) is 0 Å². The molecule has 1 fully saturated rings. The fourth-order valence-electron chi connectivity index (χ4n) is 2.10. The number of nitrogens with one attached hydrogen (secondary N) is 1. The van der Waals surface area contributed by atoms with E-state index < -0.39 is 24.0 Å². The average molecular weight is 289 g/mol. The minimum Gasteiger partial charge on any atom is -0.481 e. The van der Waals surface area contributed by atoms with Crippen molar-refractivity contribution in [2.45, 2.75) is 6.04 Å². The second-order valence-electron chi connectivity index (χ2n) is 4.76. The van der Waals surface area contributed by atoms with Crippen LogP contribution < -0.4 is 10.2 Å². The van der Waals surface area contributed by atoms with E-state index in [2.05, 4.69) is 5.32 Å². The zero-order valence-electron chi connectivity index (χ0n) is 11.4. The zero-order valence-corrected chi connectivity index (χ0v) is 11.4. The summed E-state index contributed by atoms with van der Waals surface area (Å²) in [5, 5.41) is 20.5. The molecule has 2 atom stereocenters. The third kappa shape index (κ3) is 3.30. The molecule has 0 spiro atoms. The molecule has 2 N–H and O–H groups in total. The Bertz CT molecular complexity index is 596. The highest BCUT2D eigenvalue weighted by molar-refractivity contribution is 5.92. The van der Waals surface area contributed by atoms with Crippen molar-refractivity contribution in [3.05, 3.63) is 29.8 Å². The Morgan fingerprint density at radius 3 is 2.90 bits per heavy atom. The Labute approximate surface area is 121 Å². The summed E-state index contributed by atoms with van der Waals surface area (Å²) in [7, 11) is 1.55. The van der Waals surface area contributed by atoms with Crippen LogP contribution in [-0.4, -0.2) is 43.4 Å². The average Bonchev–Trinajstić information content (AvgIpc) is 2.94. The number of aliphatic carboxylic acids is 1. The zero-order chi connectivity index (χ0) is 15.4. The molecule has 2 amide bonds. The number of carboxylic acids is 1. The van der Waals surface area contributed by atoms with E-state index in [4.69, 9.17) is 15.1 Å². The molecule has 0 saturated carbocycles. The van der Waals surface area contributed by atoms with Gasteiger partial charge in [0.25, 0.3) is 0 Å². The van der Waals surface area contributed by atoms with Crippen molar-refractivity contribution in [1.82, 2.24) is 5.32 Å². The fourth-order valence-corrected chi connectivity index (χ4v) is 2.10. The summed E-state index contributed by atoms with van der Waals surface area (Å²) in [5.74, 6) is -1.74. The molecule has 2 rings (SSSR count). The van der Waals surface area contributed by atoms with Gasteiger partial charge in [-0.3, -0.25) is 9.69 Å². The van der Waals surface area contributed by atoms with Crippen LogP contribution in [-0.2, 0) is 9.53 Å². The number of benzene rings is 1. The lowest BCUT2D eigenvalue weighted by Crippen LogP contribution is -2.47. The van der Waals surface area contributed by atoms with Crippen molar-refractivity contribution in [1.29, 1.82) is 5.26 Å². The molecular weight excluding hydrogens is 274 g/mol. The number of nitriles is 1. The first-order valence-corrected chi connectivity index (χ1v) is 6.38. The number of hydrogen-bond acceptors (Lipinski definition) is 4. The lowest BCUT2D eigenvalue weighted by atomic mass is 10.0. The van der Waals surface area contributed by atoms with Crippen molar-refractivity contribution < 1.29 is 19.4 Å². The summed E-state index contributed by atoms with van der Waals surface area (Å²) >= 11 is 0. The Balaban J connectivity index is 2.06. The Morgan fingerprint density at radius 1 is 1.48 bits per heavy atom. The highest BCUT2D eigenvalue weighted by atomic mass is 16.5. The number of hydrogen-bond donors (Lipinski definition) is 2. The summed E-state index contributed by atoms with van der Waals surface area (Å²) in [4.78, 5) is 24.5. The van der Waals surface area contributed by atoms with Gasteiger partial charge in [-0.1, -0.05) is 6.07 Å². The lowest BCUT2D eigenvalue weighted by Gasteiger charge is -2.22. The molecule has 1 saturated heterocycles. The predicted molar refractivity (Wildman–Crippen MR) is 73.8 cm³/mol. The summed E-state index contributed by atoms with van der Waals surface area (Å²) in [5.41, 5.74) is 0.997. The van der Waals surface area contributed by atoms with Gasteiger partial charge in [-0.05, 0) is 18.2 Å². The van der Waals surface area contributed by atoms with Gasteiger partial charge in [0.05, 0.1) is 30.9 Å². The van der Waals surface area contributed by atoms with Gasteiger partial charge < -0.3 is 15.2 Å². The second kappa shape index (κ2) is 6.24. The molecule has 7 heteroatoms. The number of ether oxygens (including phenoxy) is 1. The first-order valence-electron chi connectivity index (χ1n) is 6.38. The maximum Gasteiger partial charge on any atom is 0.321 e. The first-order chi connectivity index (χ1) is 10.0. The molecule has 0 radical (unpaired) electrons. The Morgan fingerprint density at radius 2 is 2.24 bits per heavy atom. The lowest BCUT2D eigenvalue weighted by molar-refractivity contribution is -0.142. The quantitative estimate of drug-likeness (QED) is 0.857. The molecule has 1 heterocycles. The van der Waals surface area contributed by atoms with E-state index in [1.807, 2.05) is 6.07 Å². The first kappa shape index (κ1) is 14.8. The third-order valence-corrected chi connectivity index (χ3v) is 3.37. The second-order valence-corrected chi connectivity index (χ2v) is 4.76. The number of urea groups is 1. The molecule has 2 unspecified atom stereocenters. The van der Waals surface area contributed by atoms with Crippen LogP contribution in [0.5, 0.6) is 0 Å². The van der Waals surface area contributed by atoms with Gasteiger partial charge in [-0.25, -0.2) is 4.79 Å². The SMILES string of the molecule is CN(C(=O)NC1COCC1C(=O)O)c1cccc(C#N)c1. The van der Waals surface area contributed by atoms with E-state index in [9.17, 15) is 9.59 Å². The highest BCUT2D eigenvalue weighted by Gasteiger charge is 2.35. The number of anilines is 1. The van der Waals surface area contributed by atoms with Crippen molar-refractivity contribution in [3.63, 3.8) is 0 Å². The van der Waals surface area contributed by atoms with E-state index >= 15 is 0 Å². The minimum absolute atomic E-state index is 0.0912. The molecule has 0 aromatic heterocycles. The smallest absolute Gasteiger partial charge is 0.321 e. The van der Waals surface area contributed by atoms with Crippen molar-refractivity contribution in [2.24, 2.45) is 5.92 Å². The number of carbonyl (C=O) groups excluding carboxylic acids is 1. The monoisotopic (exact) mass is 289 g/mol. The minimum atomic E-state index is -0.994. The number of carbonyl (C=O) groups is 2. The van der Waals surface area contributed by atoms with Crippen LogP contribution in [0, 0.1) is 17.2 Å². The Kier molecular flexibility index (Phi) is 4.40. The highest BCUT2D eigenvalue weighted by Crippen LogP contribution is 2.17. The van der Waals surface area contributed by atoms with Gasteiger partial charge in [-0.15, -0.1) is 0 Å². The molecule has 7 nitrogen and oxygen atoms in total. The molecule has 1 aromatic rings. The molecule has 21 heavy (non-hydrogen) atoms.